The highest BCUT2D eigenvalue weighted by atomic mass is 35.5. The van der Waals surface area contributed by atoms with Crippen molar-refractivity contribution in [2.45, 2.75) is 43.7 Å². The molecule has 0 bridgehead atoms. The Kier molecular flexibility index (Phi) is 5.62. The first-order chi connectivity index (χ1) is 12.7. The van der Waals surface area contributed by atoms with E-state index in [1.54, 1.807) is 50.2 Å². The average Bonchev–Trinajstić information content (AvgIpc) is 3.40. The number of carbonyl (C=O) groups is 1. The molecule has 0 heterocycles. The molecule has 0 amide bonds. The van der Waals surface area contributed by atoms with Crippen molar-refractivity contribution < 1.29 is 17.9 Å². The third kappa shape index (κ3) is 5.14. The molecule has 0 saturated heterocycles. The number of hydrogen-bond acceptors (Lipinski definition) is 5. The molecular weight excluding hydrogens is 388 g/mol. The second kappa shape index (κ2) is 7.78. The van der Waals surface area contributed by atoms with Gasteiger partial charge in [-0.15, -0.1) is 0 Å². The average molecular weight is 409 g/mol. The van der Waals surface area contributed by atoms with Gasteiger partial charge in [0, 0.05) is 16.8 Å². The van der Waals surface area contributed by atoms with E-state index in [2.05, 4.69) is 10.0 Å². The fraction of sp³-hybridized carbons (Fsp3) is 0.316. The fourth-order valence-corrected chi connectivity index (χ4v) is 3.83. The van der Waals surface area contributed by atoms with Crippen LogP contribution in [0, 0.1) is 0 Å². The van der Waals surface area contributed by atoms with E-state index < -0.39 is 16.0 Å². The Labute approximate surface area is 163 Å². The molecule has 1 fully saturated rings. The van der Waals surface area contributed by atoms with Gasteiger partial charge in [-0.1, -0.05) is 11.6 Å². The molecule has 1 aliphatic rings. The zero-order chi connectivity index (χ0) is 19.6. The molecule has 2 aromatic rings. The number of halogens is 1. The van der Waals surface area contributed by atoms with Crippen molar-refractivity contribution in [2.75, 3.05) is 10.0 Å². The van der Waals surface area contributed by atoms with E-state index in [0.29, 0.717) is 16.4 Å². The molecule has 144 valence electrons. The molecule has 2 aromatic carbocycles. The van der Waals surface area contributed by atoms with Gasteiger partial charge in [-0.25, -0.2) is 13.2 Å². The van der Waals surface area contributed by atoms with Crippen LogP contribution in [-0.4, -0.2) is 26.5 Å². The number of benzene rings is 2. The van der Waals surface area contributed by atoms with E-state index in [1.807, 2.05) is 0 Å². The van der Waals surface area contributed by atoms with Crippen molar-refractivity contribution >= 4 is 39.0 Å². The van der Waals surface area contributed by atoms with Gasteiger partial charge in [0.2, 0.25) is 0 Å². The van der Waals surface area contributed by atoms with Crippen molar-refractivity contribution in [2.24, 2.45) is 0 Å². The summed E-state index contributed by atoms with van der Waals surface area (Å²) in [5, 5.41) is 3.71. The summed E-state index contributed by atoms with van der Waals surface area (Å²) < 4.78 is 33.6. The van der Waals surface area contributed by atoms with E-state index in [-0.39, 0.29) is 22.6 Å². The van der Waals surface area contributed by atoms with E-state index in [9.17, 15) is 13.2 Å². The smallest absolute Gasteiger partial charge is 0.338 e. The molecule has 0 radical (unpaired) electrons. The van der Waals surface area contributed by atoms with Gasteiger partial charge in [-0.2, -0.15) is 0 Å². The number of anilines is 2. The Morgan fingerprint density at radius 1 is 1.15 bits per heavy atom. The molecule has 0 spiro atoms. The van der Waals surface area contributed by atoms with E-state index in [4.69, 9.17) is 16.3 Å². The first-order valence-corrected chi connectivity index (χ1v) is 10.5. The lowest BCUT2D eigenvalue weighted by Crippen LogP contribution is -2.18. The monoisotopic (exact) mass is 408 g/mol. The summed E-state index contributed by atoms with van der Waals surface area (Å²) in [5.41, 5.74) is 1.02. The van der Waals surface area contributed by atoms with E-state index in [1.165, 1.54) is 6.07 Å². The van der Waals surface area contributed by atoms with Crippen LogP contribution < -0.4 is 10.0 Å². The molecule has 2 N–H and O–H groups in total. The maximum absolute atomic E-state index is 13.0. The number of sulfonamides is 1. The molecule has 0 unspecified atom stereocenters. The highest BCUT2D eigenvalue weighted by molar-refractivity contribution is 7.92. The normalized spacial score (nSPS) is 14.1. The van der Waals surface area contributed by atoms with Gasteiger partial charge in [-0.3, -0.25) is 4.72 Å². The number of nitrogens with one attached hydrogen (secondary N) is 2. The summed E-state index contributed by atoms with van der Waals surface area (Å²) in [5.74, 6) is -0.564. The Morgan fingerprint density at radius 2 is 1.81 bits per heavy atom. The topological polar surface area (TPSA) is 84.5 Å². The third-order valence-electron chi connectivity index (χ3n) is 3.88. The minimum Gasteiger partial charge on any atom is -0.459 e. The van der Waals surface area contributed by atoms with Crippen molar-refractivity contribution in [3.8, 4) is 0 Å². The Hall–Kier alpha value is -2.25. The van der Waals surface area contributed by atoms with Crippen LogP contribution in [0.1, 0.15) is 37.0 Å². The first kappa shape index (κ1) is 19.5. The minimum atomic E-state index is -3.92. The van der Waals surface area contributed by atoms with Crippen LogP contribution in [0.25, 0.3) is 0 Å². The third-order valence-corrected chi connectivity index (χ3v) is 5.56. The molecule has 6 nitrogen and oxygen atoms in total. The number of ether oxygens (including phenoxy) is 1. The van der Waals surface area contributed by atoms with Crippen LogP contribution in [0.3, 0.4) is 0 Å². The number of rotatable bonds is 7. The van der Waals surface area contributed by atoms with Gasteiger partial charge < -0.3 is 10.1 Å². The van der Waals surface area contributed by atoms with Gasteiger partial charge in [0.1, 0.15) is 4.90 Å². The number of carbonyl (C=O) groups excluding carboxylic acids is 1. The highest BCUT2D eigenvalue weighted by Crippen LogP contribution is 2.31. The van der Waals surface area contributed by atoms with E-state index in [0.717, 1.165) is 12.8 Å². The van der Waals surface area contributed by atoms with Gasteiger partial charge in [0.15, 0.2) is 0 Å². The SMILES string of the molecule is CC(C)OC(=O)c1ccc(NC2CC2)c(S(=O)(=O)Nc2ccc(Cl)cc2)c1. The summed E-state index contributed by atoms with van der Waals surface area (Å²) in [6.07, 6.45) is 1.68. The largest absolute Gasteiger partial charge is 0.459 e. The molecule has 27 heavy (non-hydrogen) atoms. The molecule has 8 heteroatoms. The van der Waals surface area contributed by atoms with Crippen LogP contribution in [0.4, 0.5) is 11.4 Å². The second-order valence-corrected chi connectivity index (χ2v) is 8.78. The zero-order valence-corrected chi connectivity index (χ0v) is 16.6. The number of hydrogen-bond donors (Lipinski definition) is 2. The Balaban J connectivity index is 1.95. The summed E-state index contributed by atoms with van der Waals surface area (Å²) in [7, 11) is -3.92. The summed E-state index contributed by atoms with van der Waals surface area (Å²) in [6, 6.07) is 11.1. The Bertz CT molecular complexity index is 939. The molecular formula is C19H21ClN2O4S. The highest BCUT2D eigenvalue weighted by Gasteiger charge is 2.27. The minimum absolute atomic E-state index is 0.00237. The van der Waals surface area contributed by atoms with Crippen molar-refractivity contribution in [1.29, 1.82) is 0 Å². The Morgan fingerprint density at radius 3 is 2.41 bits per heavy atom. The molecule has 0 atom stereocenters. The fourth-order valence-electron chi connectivity index (χ4n) is 2.45. The van der Waals surface area contributed by atoms with Crippen LogP contribution in [0.5, 0.6) is 0 Å². The predicted octanol–water partition coefficient (Wildman–Crippen LogP) is 4.28. The molecule has 1 aliphatic carbocycles. The first-order valence-electron chi connectivity index (χ1n) is 8.64. The van der Waals surface area contributed by atoms with Gasteiger partial charge in [-0.05, 0) is 69.2 Å². The lowest BCUT2D eigenvalue weighted by Gasteiger charge is -2.15. The lowest BCUT2D eigenvalue weighted by atomic mass is 10.2. The quantitative estimate of drug-likeness (QED) is 0.668. The standard InChI is InChI=1S/C19H21ClN2O4S/c1-12(2)26-19(23)13-3-10-17(21-15-8-9-15)18(11-13)27(24,25)22-16-6-4-14(20)5-7-16/h3-7,10-12,15,21-22H,8-9H2,1-2H3. The maximum atomic E-state index is 13.0. The molecule has 1 saturated carbocycles. The predicted molar refractivity (Wildman–Crippen MR) is 106 cm³/mol. The van der Waals surface area contributed by atoms with Gasteiger partial charge >= 0.3 is 5.97 Å². The summed E-state index contributed by atoms with van der Waals surface area (Å²) in [6.45, 7) is 3.47. The summed E-state index contributed by atoms with van der Waals surface area (Å²) in [4.78, 5) is 12.2. The molecule has 3 rings (SSSR count). The molecule has 0 aliphatic heterocycles. The van der Waals surface area contributed by atoms with Crippen molar-refractivity contribution in [3.63, 3.8) is 0 Å². The zero-order valence-electron chi connectivity index (χ0n) is 15.0. The lowest BCUT2D eigenvalue weighted by molar-refractivity contribution is 0.0377. The van der Waals surface area contributed by atoms with Crippen LogP contribution in [0.15, 0.2) is 47.4 Å². The second-order valence-electron chi connectivity index (χ2n) is 6.70. The maximum Gasteiger partial charge on any atom is 0.338 e. The van der Waals surface area contributed by atoms with Gasteiger partial charge in [0.25, 0.3) is 10.0 Å². The molecule has 0 aromatic heterocycles. The van der Waals surface area contributed by atoms with Crippen LogP contribution in [-0.2, 0) is 14.8 Å². The summed E-state index contributed by atoms with van der Waals surface area (Å²) >= 11 is 5.85. The van der Waals surface area contributed by atoms with Gasteiger partial charge in [0.05, 0.1) is 17.4 Å². The van der Waals surface area contributed by atoms with Crippen molar-refractivity contribution in [1.82, 2.24) is 0 Å². The number of esters is 1. The van der Waals surface area contributed by atoms with Crippen LogP contribution >= 0.6 is 11.6 Å². The van der Waals surface area contributed by atoms with E-state index >= 15 is 0 Å². The van der Waals surface area contributed by atoms with Crippen LogP contribution in [0.2, 0.25) is 5.02 Å². The van der Waals surface area contributed by atoms with Crippen molar-refractivity contribution in [3.05, 3.63) is 53.1 Å².